The maximum absolute atomic E-state index is 12.4. The van der Waals surface area contributed by atoms with Crippen molar-refractivity contribution in [1.82, 2.24) is 14.9 Å². The number of aromatic nitrogens is 2. The van der Waals surface area contributed by atoms with Gasteiger partial charge in [0.05, 0.1) is 33.5 Å². The number of carbonyl (C=O) groups excluding carboxylic acids is 1. The maximum atomic E-state index is 12.4. The van der Waals surface area contributed by atoms with Gasteiger partial charge in [-0.3, -0.25) is 14.9 Å². The molecule has 4 N–H and O–H groups in total. The summed E-state index contributed by atoms with van der Waals surface area (Å²) in [7, 11) is 5.80. The van der Waals surface area contributed by atoms with Crippen LogP contribution in [0.2, 0.25) is 0 Å². The molecule has 0 aliphatic carbocycles. The number of H-pyrrole nitrogens is 1. The van der Waals surface area contributed by atoms with Gasteiger partial charge >= 0.3 is 0 Å². The summed E-state index contributed by atoms with van der Waals surface area (Å²) in [5.74, 6) is -0.174. The number of ether oxygens (including phenoxy) is 1. The van der Waals surface area contributed by atoms with Gasteiger partial charge in [-0.1, -0.05) is 0 Å². The summed E-state index contributed by atoms with van der Waals surface area (Å²) in [5, 5.41) is 14.8. The third-order valence-electron chi connectivity index (χ3n) is 5.47. The number of anilines is 2. The number of hydrogen-bond donors (Lipinski definition) is 3. The number of nitrogens with one attached hydrogen (secondary N) is 2. The minimum atomic E-state index is -0.582. The molecule has 1 aliphatic rings. The Hall–Kier alpha value is -3.86. The van der Waals surface area contributed by atoms with Crippen LogP contribution in [-0.4, -0.2) is 73.1 Å². The summed E-state index contributed by atoms with van der Waals surface area (Å²) in [6, 6.07) is 5.06. The van der Waals surface area contributed by atoms with E-state index in [-0.39, 0.29) is 5.69 Å². The number of nitrogens with zero attached hydrogens (tertiary/aromatic N) is 4. The number of fused-ring (bicyclic) bond motifs is 2. The molecule has 0 atom stereocenters. The molecule has 1 amide bonds. The molecule has 3 aromatic rings. The van der Waals surface area contributed by atoms with Gasteiger partial charge in [-0.15, -0.1) is 0 Å². The van der Waals surface area contributed by atoms with Crippen molar-refractivity contribution >= 4 is 34.0 Å². The second kappa shape index (κ2) is 8.35. The van der Waals surface area contributed by atoms with E-state index >= 15 is 0 Å². The first-order chi connectivity index (χ1) is 15.3. The van der Waals surface area contributed by atoms with Crippen molar-refractivity contribution in [2.45, 2.75) is 0 Å². The Bertz CT molecular complexity index is 1200. The fourth-order valence-corrected chi connectivity index (χ4v) is 3.86. The van der Waals surface area contributed by atoms with Crippen molar-refractivity contribution < 1.29 is 14.5 Å². The molecule has 0 saturated heterocycles. The Morgan fingerprint density at radius 1 is 1.28 bits per heavy atom. The number of carbonyl (C=O) groups is 1. The van der Waals surface area contributed by atoms with Crippen LogP contribution >= 0.6 is 0 Å². The molecule has 1 aromatic heterocycles. The molecular formula is C21H25N7O4. The molecule has 11 nitrogen and oxygen atoms in total. The van der Waals surface area contributed by atoms with Crippen LogP contribution in [0.4, 0.5) is 17.1 Å². The smallest absolute Gasteiger partial charge is 0.296 e. The molecule has 4 rings (SSSR count). The van der Waals surface area contributed by atoms with Gasteiger partial charge in [0.1, 0.15) is 12.4 Å². The number of amides is 1. The van der Waals surface area contributed by atoms with Crippen LogP contribution in [0, 0.1) is 10.1 Å². The maximum Gasteiger partial charge on any atom is 0.296 e. The van der Waals surface area contributed by atoms with Gasteiger partial charge in [0.25, 0.3) is 11.6 Å². The summed E-state index contributed by atoms with van der Waals surface area (Å²) in [4.78, 5) is 35.1. The lowest BCUT2D eigenvalue weighted by molar-refractivity contribution is -0.384. The molecule has 2 aromatic carbocycles. The molecule has 0 saturated carbocycles. The first kappa shape index (κ1) is 21.4. The Labute approximate surface area is 184 Å². The average molecular weight is 439 g/mol. The number of nitrogens with two attached hydrogens (primary N) is 1. The highest BCUT2D eigenvalue weighted by Crippen LogP contribution is 2.43. The molecule has 168 valence electrons. The van der Waals surface area contributed by atoms with E-state index < -0.39 is 10.8 Å². The Kier molecular flexibility index (Phi) is 5.57. The molecular weight excluding hydrogens is 414 g/mol. The zero-order chi connectivity index (χ0) is 23.0. The number of aromatic amines is 1. The van der Waals surface area contributed by atoms with Crippen molar-refractivity contribution in [2.75, 3.05) is 57.6 Å². The van der Waals surface area contributed by atoms with Crippen LogP contribution in [0.1, 0.15) is 10.4 Å². The number of likely N-dealkylation sites (N-methyl/N-ethyl adjacent to an activating group) is 2. The molecule has 11 heteroatoms. The van der Waals surface area contributed by atoms with Gasteiger partial charge in [-0.2, -0.15) is 0 Å². The van der Waals surface area contributed by atoms with Crippen molar-refractivity contribution in [3.63, 3.8) is 0 Å². The zero-order valence-corrected chi connectivity index (χ0v) is 18.1. The van der Waals surface area contributed by atoms with E-state index in [2.05, 4.69) is 15.3 Å². The van der Waals surface area contributed by atoms with E-state index in [0.717, 1.165) is 6.54 Å². The topological polar surface area (TPSA) is 143 Å². The number of rotatable bonds is 7. The standard InChI is InChI=1S/C21H25N7O4/c1-26(2)5-6-27(3)14-10-13(18-20(25-11-24-18)17(14)21(22)29)12-8-15(28(30)31)19-16(9-12)32-7-4-23-19/h8-11,23H,4-7H2,1-3H3,(H2,22,29)(H,24,25). The van der Waals surface area contributed by atoms with Crippen LogP contribution in [0.25, 0.3) is 22.2 Å². The molecule has 2 heterocycles. The van der Waals surface area contributed by atoms with Gasteiger partial charge in [0, 0.05) is 38.3 Å². The van der Waals surface area contributed by atoms with Crippen LogP contribution in [0.5, 0.6) is 5.75 Å². The number of hydrogen-bond acceptors (Lipinski definition) is 8. The molecule has 0 unspecified atom stereocenters. The van der Waals surface area contributed by atoms with E-state index in [1.165, 1.54) is 12.4 Å². The molecule has 0 radical (unpaired) electrons. The molecule has 0 bridgehead atoms. The second-order valence-electron chi connectivity index (χ2n) is 7.93. The summed E-state index contributed by atoms with van der Waals surface area (Å²) >= 11 is 0. The lowest BCUT2D eigenvalue weighted by atomic mass is 9.97. The molecule has 1 aliphatic heterocycles. The summed E-state index contributed by atoms with van der Waals surface area (Å²) in [6.07, 6.45) is 1.48. The van der Waals surface area contributed by atoms with E-state index in [0.29, 0.717) is 64.5 Å². The van der Waals surface area contributed by atoms with Crippen molar-refractivity contribution in [3.05, 3.63) is 40.2 Å². The summed E-state index contributed by atoms with van der Waals surface area (Å²) in [5.41, 5.74) is 9.15. The normalized spacial score (nSPS) is 12.9. The fourth-order valence-electron chi connectivity index (χ4n) is 3.86. The number of nitro groups is 1. The lowest BCUT2D eigenvalue weighted by Crippen LogP contribution is -2.30. The van der Waals surface area contributed by atoms with E-state index in [9.17, 15) is 14.9 Å². The van der Waals surface area contributed by atoms with Gasteiger partial charge in [-0.25, -0.2) is 4.98 Å². The minimum absolute atomic E-state index is 0.0811. The van der Waals surface area contributed by atoms with Crippen LogP contribution < -0.4 is 20.7 Å². The molecule has 0 fully saturated rings. The Morgan fingerprint density at radius 3 is 2.75 bits per heavy atom. The highest BCUT2D eigenvalue weighted by molar-refractivity contribution is 6.13. The number of benzene rings is 2. The quantitative estimate of drug-likeness (QED) is 0.375. The van der Waals surface area contributed by atoms with Crippen LogP contribution in [-0.2, 0) is 0 Å². The van der Waals surface area contributed by atoms with E-state index in [4.69, 9.17) is 10.5 Å². The third kappa shape index (κ3) is 3.78. The second-order valence-corrected chi connectivity index (χ2v) is 7.93. The number of nitro benzene ring substituents is 1. The largest absolute Gasteiger partial charge is 0.489 e. The molecule has 0 spiro atoms. The highest BCUT2D eigenvalue weighted by Gasteiger charge is 2.27. The van der Waals surface area contributed by atoms with Crippen LogP contribution in [0.15, 0.2) is 24.5 Å². The lowest BCUT2D eigenvalue weighted by Gasteiger charge is -2.25. The van der Waals surface area contributed by atoms with Gasteiger partial charge < -0.3 is 30.6 Å². The van der Waals surface area contributed by atoms with Gasteiger partial charge in [0.15, 0.2) is 5.69 Å². The van der Waals surface area contributed by atoms with Crippen molar-refractivity contribution in [2.24, 2.45) is 5.73 Å². The van der Waals surface area contributed by atoms with Crippen molar-refractivity contribution in [3.8, 4) is 16.9 Å². The Morgan fingerprint density at radius 2 is 2.06 bits per heavy atom. The average Bonchev–Trinajstić information content (AvgIpc) is 3.24. The zero-order valence-electron chi connectivity index (χ0n) is 18.1. The third-order valence-corrected chi connectivity index (χ3v) is 5.47. The van der Waals surface area contributed by atoms with E-state index in [1.807, 2.05) is 30.9 Å². The summed E-state index contributed by atoms with van der Waals surface area (Å²) < 4.78 is 5.69. The van der Waals surface area contributed by atoms with Gasteiger partial charge in [0.2, 0.25) is 0 Å². The highest BCUT2D eigenvalue weighted by atomic mass is 16.6. The first-order valence-corrected chi connectivity index (χ1v) is 10.1. The van der Waals surface area contributed by atoms with Gasteiger partial charge in [-0.05, 0) is 31.8 Å². The van der Waals surface area contributed by atoms with Crippen molar-refractivity contribution in [1.29, 1.82) is 0 Å². The Balaban J connectivity index is 1.95. The SMILES string of the molecule is CN(C)CCN(C)c1cc(-c2cc3c(c([N+](=O)[O-])c2)NCCO3)c2nc[nH]c2c1C(N)=O. The predicted molar refractivity (Wildman–Crippen MR) is 123 cm³/mol. The monoisotopic (exact) mass is 439 g/mol. The number of primary amides is 1. The molecule has 32 heavy (non-hydrogen) atoms. The first-order valence-electron chi connectivity index (χ1n) is 10.1. The number of imidazole rings is 1. The predicted octanol–water partition coefficient (Wildman–Crippen LogP) is 2.04. The summed E-state index contributed by atoms with van der Waals surface area (Å²) in [6.45, 7) is 2.30. The fraction of sp³-hybridized carbons (Fsp3) is 0.333. The minimum Gasteiger partial charge on any atom is -0.489 e. The van der Waals surface area contributed by atoms with Crippen LogP contribution in [0.3, 0.4) is 0 Å². The van der Waals surface area contributed by atoms with E-state index in [1.54, 1.807) is 12.1 Å².